The molecule has 1 aromatic heterocycles. The molecule has 0 aliphatic carbocycles. The number of hydrogen-bond donors (Lipinski definition) is 2. The highest BCUT2D eigenvalue weighted by atomic mass is 32.1. The summed E-state index contributed by atoms with van der Waals surface area (Å²) in [4.78, 5) is 4.60. The van der Waals surface area contributed by atoms with E-state index in [0.717, 1.165) is 12.2 Å². The Labute approximate surface area is 108 Å². The van der Waals surface area contributed by atoms with Gasteiger partial charge < -0.3 is 10.4 Å². The molecule has 2 N–H and O–H groups in total. The van der Waals surface area contributed by atoms with E-state index in [1.165, 1.54) is 5.01 Å². The van der Waals surface area contributed by atoms with Crippen molar-refractivity contribution in [2.24, 2.45) is 5.92 Å². The van der Waals surface area contributed by atoms with Crippen molar-refractivity contribution in [2.75, 3.05) is 6.54 Å². The van der Waals surface area contributed by atoms with Crippen LogP contribution < -0.4 is 5.32 Å². The van der Waals surface area contributed by atoms with Gasteiger partial charge in [-0.2, -0.15) is 0 Å². The maximum Gasteiger partial charge on any atom is 0.0982 e. The van der Waals surface area contributed by atoms with Crippen LogP contribution in [0.5, 0.6) is 0 Å². The van der Waals surface area contributed by atoms with Gasteiger partial charge in [0.2, 0.25) is 0 Å². The van der Waals surface area contributed by atoms with Crippen molar-refractivity contribution in [3.05, 3.63) is 16.1 Å². The van der Waals surface area contributed by atoms with Gasteiger partial charge in [-0.15, -0.1) is 11.3 Å². The van der Waals surface area contributed by atoms with Crippen LogP contribution in [0.15, 0.2) is 5.38 Å². The highest BCUT2D eigenvalue weighted by molar-refractivity contribution is 7.09. The summed E-state index contributed by atoms with van der Waals surface area (Å²) in [5.74, 6) is 0.295. The summed E-state index contributed by atoms with van der Waals surface area (Å²) in [7, 11) is 0. The second kappa shape index (κ2) is 5.94. The van der Waals surface area contributed by atoms with Gasteiger partial charge in [-0.05, 0) is 5.92 Å². The maximum absolute atomic E-state index is 9.66. The molecular weight excluding hydrogens is 232 g/mol. The van der Waals surface area contributed by atoms with E-state index in [0.29, 0.717) is 12.5 Å². The fraction of sp³-hybridized carbons (Fsp3) is 0.769. The Morgan fingerprint density at radius 3 is 2.53 bits per heavy atom. The molecule has 1 unspecified atom stereocenters. The summed E-state index contributed by atoms with van der Waals surface area (Å²) in [6.45, 7) is 11.9. The zero-order valence-electron chi connectivity index (χ0n) is 11.4. The zero-order valence-corrected chi connectivity index (χ0v) is 12.3. The number of hydrogen-bond acceptors (Lipinski definition) is 4. The van der Waals surface area contributed by atoms with Crippen LogP contribution in [-0.2, 0) is 12.0 Å². The Hall–Kier alpha value is -0.450. The summed E-state index contributed by atoms with van der Waals surface area (Å²) < 4.78 is 0. The Balaban J connectivity index is 2.41. The lowest BCUT2D eigenvalue weighted by atomic mass is 9.98. The Morgan fingerprint density at radius 1 is 1.41 bits per heavy atom. The first-order valence-electron chi connectivity index (χ1n) is 6.14. The molecule has 0 fully saturated rings. The average Bonchev–Trinajstić information content (AvgIpc) is 2.65. The summed E-state index contributed by atoms with van der Waals surface area (Å²) in [6, 6.07) is 0. The van der Waals surface area contributed by atoms with E-state index in [1.807, 2.05) is 13.8 Å². The molecule has 1 rings (SSSR count). The van der Waals surface area contributed by atoms with Crippen LogP contribution in [0.3, 0.4) is 0 Å². The monoisotopic (exact) mass is 256 g/mol. The van der Waals surface area contributed by atoms with Crippen LogP contribution in [0.2, 0.25) is 0 Å². The third-order valence-electron chi connectivity index (χ3n) is 2.62. The summed E-state index contributed by atoms with van der Waals surface area (Å²) in [5.41, 5.74) is 1.19. The molecular formula is C13H24N2OS. The molecule has 17 heavy (non-hydrogen) atoms. The molecule has 0 aliphatic rings. The highest BCUT2D eigenvalue weighted by Crippen LogP contribution is 2.25. The van der Waals surface area contributed by atoms with Crippen LogP contribution in [0.1, 0.15) is 45.3 Å². The van der Waals surface area contributed by atoms with Gasteiger partial charge in [-0.25, -0.2) is 4.98 Å². The highest BCUT2D eigenvalue weighted by Gasteiger charge is 2.17. The normalized spacial score (nSPS) is 14.3. The number of rotatable bonds is 5. The predicted octanol–water partition coefficient (Wildman–Crippen LogP) is 2.55. The molecule has 1 atom stereocenters. The van der Waals surface area contributed by atoms with Crippen LogP contribution >= 0.6 is 11.3 Å². The molecule has 0 spiro atoms. The molecule has 0 amide bonds. The Morgan fingerprint density at radius 2 is 2.06 bits per heavy atom. The predicted molar refractivity (Wildman–Crippen MR) is 73.4 cm³/mol. The van der Waals surface area contributed by atoms with Crippen molar-refractivity contribution in [3.63, 3.8) is 0 Å². The SMILES string of the molecule is CC(C)C(O)CNCc1csc(C(C)(C)C)n1. The molecule has 0 saturated carbocycles. The average molecular weight is 256 g/mol. The third kappa shape index (κ3) is 4.74. The first-order valence-corrected chi connectivity index (χ1v) is 7.02. The number of thiazole rings is 1. The summed E-state index contributed by atoms with van der Waals surface area (Å²) >= 11 is 1.71. The van der Waals surface area contributed by atoms with Gasteiger partial charge in [-0.3, -0.25) is 0 Å². The molecule has 1 aromatic rings. The van der Waals surface area contributed by atoms with Crippen molar-refractivity contribution in [1.29, 1.82) is 0 Å². The minimum absolute atomic E-state index is 0.125. The van der Waals surface area contributed by atoms with Gasteiger partial charge in [0.05, 0.1) is 16.8 Å². The fourth-order valence-corrected chi connectivity index (χ4v) is 2.22. The topological polar surface area (TPSA) is 45.1 Å². The Kier molecular flexibility index (Phi) is 5.10. The smallest absolute Gasteiger partial charge is 0.0982 e. The minimum Gasteiger partial charge on any atom is -0.392 e. The van der Waals surface area contributed by atoms with Crippen molar-refractivity contribution < 1.29 is 5.11 Å². The lowest BCUT2D eigenvalue weighted by molar-refractivity contribution is 0.123. The minimum atomic E-state index is -0.282. The number of nitrogens with one attached hydrogen (secondary N) is 1. The Bertz CT molecular complexity index is 341. The molecule has 4 heteroatoms. The molecule has 0 bridgehead atoms. The molecule has 98 valence electrons. The molecule has 0 saturated heterocycles. The van der Waals surface area contributed by atoms with E-state index in [2.05, 4.69) is 36.5 Å². The fourth-order valence-electron chi connectivity index (χ4n) is 1.32. The number of aromatic nitrogens is 1. The van der Waals surface area contributed by atoms with E-state index >= 15 is 0 Å². The van der Waals surface area contributed by atoms with Crippen LogP contribution in [0, 0.1) is 5.92 Å². The zero-order chi connectivity index (χ0) is 13.1. The quantitative estimate of drug-likeness (QED) is 0.851. The third-order valence-corrected chi connectivity index (χ3v) is 3.94. The van der Waals surface area contributed by atoms with E-state index < -0.39 is 0 Å². The molecule has 0 radical (unpaired) electrons. The van der Waals surface area contributed by atoms with Crippen molar-refractivity contribution in [1.82, 2.24) is 10.3 Å². The van der Waals surface area contributed by atoms with Gasteiger partial charge >= 0.3 is 0 Å². The van der Waals surface area contributed by atoms with Crippen LogP contribution in [0.4, 0.5) is 0 Å². The second-order valence-electron chi connectivity index (χ2n) is 5.84. The van der Waals surface area contributed by atoms with Crippen LogP contribution in [0.25, 0.3) is 0 Å². The number of nitrogens with zero attached hydrogens (tertiary/aromatic N) is 1. The van der Waals surface area contributed by atoms with E-state index in [9.17, 15) is 5.11 Å². The summed E-state index contributed by atoms with van der Waals surface area (Å²) in [5, 5.41) is 16.2. The van der Waals surface area contributed by atoms with Crippen molar-refractivity contribution in [2.45, 2.75) is 52.7 Å². The molecule has 0 aliphatic heterocycles. The molecule has 0 aromatic carbocycles. The second-order valence-corrected chi connectivity index (χ2v) is 6.69. The van der Waals surface area contributed by atoms with Gasteiger partial charge in [0, 0.05) is 23.9 Å². The van der Waals surface area contributed by atoms with Crippen molar-refractivity contribution >= 4 is 11.3 Å². The number of aliphatic hydroxyl groups excluding tert-OH is 1. The number of aliphatic hydroxyl groups is 1. The maximum atomic E-state index is 9.66. The van der Waals surface area contributed by atoms with Gasteiger partial charge in [0.15, 0.2) is 0 Å². The van der Waals surface area contributed by atoms with Gasteiger partial charge in [-0.1, -0.05) is 34.6 Å². The lowest BCUT2D eigenvalue weighted by Crippen LogP contribution is -2.30. The standard InChI is InChI=1S/C13H24N2OS/c1-9(2)11(16)7-14-6-10-8-17-12(15-10)13(3,4)5/h8-9,11,14,16H,6-7H2,1-5H3. The van der Waals surface area contributed by atoms with E-state index in [1.54, 1.807) is 11.3 Å². The summed E-state index contributed by atoms with van der Waals surface area (Å²) in [6.07, 6.45) is -0.282. The van der Waals surface area contributed by atoms with Gasteiger partial charge in [0.1, 0.15) is 0 Å². The van der Waals surface area contributed by atoms with Crippen molar-refractivity contribution in [3.8, 4) is 0 Å². The first kappa shape index (κ1) is 14.6. The van der Waals surface area contributed by atoms with E-state index in [4.69, 9.17) is 0 Å². The van der Waals surface area contributed by atoms with E-state index in [-0.39, 0.29) is 11.5 Å². The first-order chi connectivity index (χ1) is 7.80. The molecule has 3 nitrogen and oxygen atoms in total. The molecule has 1 heterocycles. The van der Waals surface area contributed by atoms with Crippen LogP contribution in [-0.4, -0.2) is 22.7 Å². The lowest BCUT2D eigenvalue weighted by Gasteiger charge is -2.15. The largest absolute Gasteiger partial charge is 0.392 e. The van der Waals surface area contributed by atoms with Gasteiger partial charge in [0.25, 0.3) is 0 Å².